The summed E-state index contributed by atoms with van der Waals surface area (Å²) in [7, 11) is 0. The third-order valence-corrected chi connectivity index (χ3v) is 4.06. The van der Waals surface area contributed by atoms with Crippen LogP contribution >= 0.6 is 0 Å². The number of ether oxygens (including phenoxy) is 6. The van der Waals surface area contributed by atoms with Crippen LogP contribution in [-0.2, 0) is 28.4 Å². The second-order valence-corrected chi connectivity index (χ2v) is 6.20. The third-order valence-electron chi connectivity index (χ3n) is 4.06. The number of rotatable bonds is 18. The zero-order chi connectivity index (χ0) is 22.0. The van der Waals surface area contributed by atoms with E-state index in [1.165, 1.54) is 0 Å². The van der Waals surface area contributed by atoms with Gasteiger partial charge in [0.1, 0.15) is 24.4 Å². The molecule has 0 saturated carbocycles. The Morgan fingerprint density at radius 3 is 1.97 bits per heavy atom. The van der Waals surface area contributed by atoms with E-state index < -0.39 is 30.7 Å². The predicted molar refractivity (Wildman–Crippen MR) is 102 cm³/mol. The number of aliphatic hydroxyl groups is 4. The Hall–Kier alpha value is -1.09. The molecule has 1 aliphatic rings. The van der Waals surface area contributed by atoms with Gasteiger partial charge in [-0.2, -0.15) is 0 Å². The first-order chi connectivity index (χ1) is 14.7. The average Bonchev–Trinajstić information content (AvgIpc) is 2.76. The Morgan fingerprint density at radius 1 is 0.767 bits per heavy atom. The van der Waals surface area contributed by atoms with Crippen LogP contribution in [0.3, 0.4) is 0 Å². The first-order valence-electron chi connectivity index (χ1n) is 9.87. The maximum Gasteiger partial charge on any atom is 0.186 e. The average molecular weight is 439 g/mol. The normalized spacial score (nSPS) is 26.5. The summed E-state index contributed by atoms with van der Waals surface area (Å²) >= 11 is 0. The van der Waals surface area contributed by atoms with Crippen LogP contribution in [-0.4, -0.2) is 124 Å². The van der Waals surface area contributed by atoms with Gasteiger partial charge in [-0.15, -0.1) is 0 Å². The van der Waals surface area contributed by atoms with Crippen molar-refractivity contribution in [3.8, 4) is 0 Å². The number of aliphatic hydroxyl groups excluding tert-OH is 4. The Labute approximate surface area is 175 Å². The lowest BCUT2D eigenvalue weighted by Gasteiger charge is -2.45. The van der Waals surface area contributed by atoms with E-state index in [2.05, 4.69) is 10.0 Å². The summed E-state index contributed by atoms with van der Waals surface area (Å²) in [6, 6.07) is 0. The van der Waals surface area contributed by atoms with Crippen molar-refractivity contribution in [2.45, 2.75) is 37.1 Å². The lowest BCUT2D eigenvalue weighted by Crippen LogP contribution is -2.62. The molecule has 1 aliphatic heterocycles. The van der Waals surface area contributed by atoms with Gasteiger partial charge in [0, 0.05) is 18.1 Å². The molecular weight excluding hydrogens is 406 g/mol. The van der Waals surface area contributed by atoms with Crippen LogP contribution in [0.4, 0.5) is 0 Å². The molecule has 0 aliphatic carbocycles. The molecule has 176 valence electrons. The van der Waals surface area contributed by atoms with Crippen LogP contribution in [0.2, 0.25) is 0 Å². The molecule has 0 amide bonds. The lowest BCUT2D eigenvalue weighted by molar-refractivity contribution is -0.325. The number of hydrogen-bond acceptors (Lipinski definition) is 11. The minimum atomic E-state index is -0.914. The summed E-state index contributed by atoms with van der Waals surface area (Å²) in [6.45, 7) is -0.261. The van der Waals surface area contributed by atoms with Gasteiger partial charge in [0.15, 0.2) is 6.29 Å². The summed E-state index contributed by atoms with van der Waals surface area (Å²) < 4.78 is 34.3. The van der Waals surface area contributed by atoms with Crippen LogP contribution in [0, 0.1) is 0 Å². The maximum atomic E-state index is 9.21. The van der Waals surface area contributed by atoms with Crippen molar-refractivity contribution < 1.29 is 48.8 Å². The van der Waals surface area contributed by atoms with E-state index in [1.54, 1.807) is 0 Å². The number of azide groups is 1. The van der Waals surface area contributed by atoms with Gasteiger partial charge in [-0.3, -0.25) is 0 Å². The van der Waals surface area contributed by atoms with Crippen molar-refractivity contribution in [1.82, 2.24) is 0 Å². The van der Waals surface area contributed by atoms with E-state index in [9.17, 15) is 15.3 Å². The molecule has 4 N–H and O–H groups in total. The van der Waals surface area contributed by atoms with Crippen LogP contribution in [0.1, 0.15) is 6.42 Å². The molecule has 1 fully saturated rings. The molecule has 0 aromatic rings. The van der Waals surface area contributed by atoms with Gasteiger partial charge in [0.05, 0.1) is 59.5 Å². The fraction of sp³-hybridized carbons (Fsp3) is 1.00. The SMILES string of the molecule is [N-]=[N+]=NCCCO[C@H]1O[C@H](COCCO)[C@@H](OCCO)[C@H](OCCO)[C@H]1OCCO. The molecule has 5 atom stereocenters. The van der Waals surface area contributed by atoms with Crippen LogP contribution in [0.25, 0.3) is 10.4 Å². The van der Waals surface area contributed by atoms with Crippen molar-refractivity contribution in [2.24, 2.45) is 5.11 Å². The molecule has 0 radical (unpaired) electrons. The van der Waals surface area contributed by atoms with Crippen molar-refractivity contribution in [2.75, 3.05) is 72.6 Å². The van der Waals surface area contributed by atoms with Gasteiger partial charge in [-0.25, -0.2) is 0 Å². The van der Waals surface area contributed by atoms with Gasteiger partial charge in [-0.1, -0.05) is 5.11 Å². The monoisotopic (exact) mass is 439 g/mol. The van der Waals surface area contributed by atoms with E-state index >= 15 is 0 Å². The molecule has 13 heteroatoms. The summed E-state index contributed by atoms with van der Waals surface area (Å²) in [4.78, 5) is 2.68. The maximum absolute atomic E-state index is 9.21. The zero-order valence-electron chi connectivity index (χ0n) is 17.0. The quantitative estimate of drug-likeness (QED) is 0.0854. The van der Waals surface area contributed by atoms with Crippen LogP contribution < -0.4 is 0 Å². The third kappa shape index (κ3) is 9.81. The van der Waals surface area contributed by atoms with Crippen molar-refractivity contribution in [1.29, 1.82) is 0 Å². The lowest BCUT2D eigenvalue weighted by atomic mass is 9.98. The Kier molecular flexibility index (Phi) is 15.8. The summed E-state index contributed by atoms with van der Waals surface area (Å²) in [5, 5.41) is 40.0. The molecule has 13 nitrogen and oxygen atoms in total. The van der Waals surface area contributed by atoms with Crippen LogP contribution in [0.5, 0.6) is 0 Å². The molecule has 0 bridgehead atoms. The topological polar surface area (TPSA) is 185 Å². The van der Waals surface area contributed by atoms with Gasteiger partial charge in [0.25, 0.3) is 0 Å². The van der Waals surface area contributed by atoms with Gasteiger partial charge >= 0.3 is 0 Å². The largest absolute Gasteiger partial charge is 0.394 e. The second kappa shape index (κ2) is 17.6. The highest BCUT2D eigenvalue weighted by molar-refractivity contribution is 4.93. The molecule has 0 spiro atoms. The van der Waals surface area contributed by atoms with E-state index in [0.717, 1.165) is 0 Å². The number of hydrogen-bond donors (Lipinski definition) is 4. The fourth-order valence-electron chi connectivity index (χ4n) is 2.92. The van der Waals surface area contributed by atoms with Gasteiger partial charge in [0.2, 0.25) is 0 Å². The number of nitrogens with zero attached hydrogens (tertiary/aromatic N) is 3. The molecule has 30 heavy (non-hydrogen) atoms. The van der Waals surface area contributed by atoms with Gasteiger partial charge in [-0.05, 0) is 12.0 Å². The minimum Gasteiger partial charge on any atom is -0.394 e. The van der Waals surface area contributed by atoms with Crippen LogP contribution in [0.15, 0.2) is 5.11 Å². The standard InChI is InChI=1S/C17H33N3O10/c18-20-19-2-1-7-29-17-16(28-11-6-24)15(27-10-5-23)14(26-9-4-22)13(30-17)12-25-8-3-21/h13-17,21-24H,1-12H2/t13-,14-,15+,16-,17+/m1/s1. The molecule has 1 heterocycles. The minimum absolute atomic E-state index is 0.00351. The zero-order valence-corrected chi connectivity index (χ0v) is 17.0. The highest BCUT2D eigenvalue weighted by Crippen LogP contribution is 2.29. The molecule has 0 unspecified atom stereocenters. The predicted octanol–water partition coefficient (Wildman–Crippen LogP) is -1.43. The van der Waals surface area contributed by atoms with Crippen molar-refractivity contribution >= 4 is 0 Å². The van der Waals surface area contributed by atoms with Crippen molar-refractivity contribution in [3.05, 3.63) is 10.4 Å². The Balaban J connectivity index is 2.98. The van der Waals surface area contributed by atoms with E-state index in [0.29, 0.717) is 6.42 Å². The molecule has 0 aromatic heterocycles. The summed E-state index contributed by atoms with van der Waals surface area (Å²) in [5.74, 6) is 0. The highest BCUT2D eigenvalue weighted by atomic mass is 16.7. The molecule has 0 aromatic carbocycles. The molecular formula is C17H33N3O10. The first-order valence-corrected chi connectivity index (χ1v) is 9.87. The molecule has 1 saturated heterocycles. The van der Waals surface area contributed by atoms with E-state index in [4.69, 9.17) is 39.1 Å². The Morgan fingerprint density at radius 2 is 1.37 bits per heavy atom. The smallest absolute Gasteiger partial charge is 0.186 e. The highest BCUT2D eigenvalue weighted by Gasteiger charge is 2.48. The van der Waals surface area contributed by atoms with E-state index in [-0.39, 0.29) is 72.6 Å². The van der Waals surface area contributed by atoms with Gasteiger partial charge < -0.3 is 48.8 Å². The van der Waals surface area contributed by atoms with E-state index in [1.807, 2.05) is 0 Å². The second-order valence-electron chi connectivity index (χ2n) is 6.20. The summed E-state index contributed by atoms with van der Waals surface area (Å²) in [6.07, 6.45) is -3.43. The molecule has 1 rings (SSSR count). The van der Waals surface area contributed by atoms with Crippen molar-refractivity contribution in [3.63, 3.8) is 0 Å². The fourth-order valence-corrected chi connectivity index (χ4v) is 2.92. The Bertz CT molecular complexity index is 469. The summed E-state index contributed by atoms with van der Waals surface area (Å²) in [5.41, 5.74) is 8.36. The first kappa shape index (κ1) is 26.9.